The molecule has 8 heteroatoms. The van der Waals surface area contributed by atoms with Gasteiger partial charge < -0.3 is 14.9 Å². The summed E-state index contributed by atoms with van der Waals surface area (Å²) in [4.78, 5) is 35.7. The highest BCUT2D eigenvalue weighted by molar-refractivity contribution is 5.66. The van der Waals surface area contributed by atoms with E-state index in [-0.39, 0.29) is 19.3 Å². The van der Waals surface area contributed by atoms with Gasteiger partial charge in [-0.05, 0) is 13.3 Å². The highest BCUT2D eigenvalue weighted by Crippen LogP contribution is 2.29. The second kappa shape index (κ2) is 5.59. The Bertz CT molecular complexity index is 619. The highest BCUT2D eigenvalue weighted by Gasteiger charge is 2.35. The number of rotatable bonds is 4. The molecular weight excluding hydrogens is 268 g/mol. The van der Waals surface area contributed by atoms with Crippen LogP contribution in [0.1, 0.15) is 31.1 Å². The van der Waals surface area contributed by atoms with Crippen LogP contribution in [0.25, 0.3) is 0 Å². The predicted molar refractivity (Wildman–Crippen MR) is 67.5 cm³/mol. The van der Waals surface area contributed by atoms with Crippen molar-refractivity contribution in [1.29, 1.82) is 0 Å². The van der Waals surface area contributed by atoms with Crippen molar-refractivity contribution < 1.29 is 19.7 Å². The van der Waals surface area contributed by atoms with Crippen molar-refractivity contribution in [1.82, 2.24) is 9.55 Å². The molecule has 1 aliphatic rings. The van der Waals surface area contributed by atoms with Gasteiger partial charge in [0, 0.05) is 24.6 Å². The summed E-state index contributed by atoms with van der Waals surface area (Å²) in [6.07, 6.45) is -0.563. The lowest BCUT2D eigenvalue weighted by molar-refractivity contribution is -0.138. The summed E-state index contributed by atoms with van der Waals surface area (Å²) in [5, 5.41) is 18.5. The Morgan fingerprint density at radius 1 is 1.55 bits per heavy atom. The van der Waals surface area contributed by atoms with E-state index in [1.54, 1.807) is 6.92 Å². The van der Waals surface area contributed by atoms with E-state index in [4.69, 9.17) is 9.84 Å². The molecule has 0 aliphatic carbocycles. The molecular formula is C12H16N2O6. The van der Waals surface area contributed by atoms with E-state index in [0.29, 0.717) is 5.56 Å². The average Bonchev–Trinajstić information content (AvgIpc) is 2.72. The predicted octanol–water partition coefficient (Wildman–Crippen LogP) is -0.642. The highest BCUT2D eigenvalue weighted by atomic mass is 16.5. The number of aromatic nitrogens is 2. The number of aliphatic hydroxyl groups excluding tert-OH is 1. The monoisotopic (exact) mass is 284 g/mol. The standard InChI is InChI=1S/C12H16N2O6/c1-6-5-14(12(19)13-11(6)18)9-4-7(15)8(20-9)2-3-10(16)17/h5,7-9,15H,2-4H2,1H3,(H,16,17)(H,13,18,19). The number of H-pyrrole nitrogens is 1. The number of carboxylic acids is 1. The minimum Gasteiger partial charge on any atom is -0.481 e. The third kappa shape index (κ3) is 2.97. The van der Waals surface area contributed by atoms with Gasteiger partial charge >= 0.3 is 11.7 Å². The summed E-state index contributed by atoms with van der Waals surface area (Å²) in [6.45, 7) is 1.56. The van der Waals surface area contributed by atoms with Gasteiger partial charge in [-0.2, -0.15) is 0 Å². The number of hydrogen-bond donors (Lipinski definition) is 3. The normalized spacial score (nSPS) is 25.8. The maximum absolute atomic E-state index is 11.7. The first-order chi connectivity index (χ1) is 9.38. The van der Waals surface area contributed by atoms with Gasteiger partial charge in [0.15, 0.2) is 0 Å². The van der Waals surface area contributed by atoms with Gasteiger partial charge in [0.2, 0.25) is 0 Å². The molecule has 3 atom stereocenters. The molecule has 110 valence electrons. The number of ether oxygens (including phenoxy) is 1. The first kappa shape index (κ1) is 14.5. The van der Waals surface area contributed by atoms with Crippen molar-refractivity contribution in [2.75, 3.05) is 0 Å². The van der Waals surface area contributed by atoms with Crippen LogP contribution in [0.15, 0.2) is 15.8 Å². The van der Waals surface area contributed by atoms with Crippen LogP contribution in [0.3, 0.4) is 0 Å². The molecule has 0 aromatic carbocycles. The van der Waals surface area contributed by atoms with E-state index in [9.17, 15) is 19.5 Å². The topological polar surface area (TPSA) is 122 Å². The molecule has 1 aromatic heterocycles. The van der Waals surface area contributed by atoms with Gasteiger partial charge in [-0.3, -0.25) is 19.1 Å². The zero-order valence-electron chi connectivity index (χ0n) is 10.9. The fourth-order valence-electron chi connectivity index (χ4n) is 2.21. The summed E-state index contributed by atoms with van der Waals surface area (Å²) in [6, 6.07) is 0. The van der Waals surface area contributed by atoms with Gasteiger partial charge in [-0.1, -0.05) is 0 Å². The smallest absolute Gasteiger partial charge is 0.330 e. The molecule has 1 aliphatic heterocycles. The van der Waals surface area contributed by atoms with E-state index in [0.717, 1.165) is 0 Å². The van der Waals surface area contributed by atoms with Gasteiger partial charge in [-0.25, -0.2) is 4.79 Å². The van der Waals surface area contributed by atoms with E-state index in [1.807, 2.05) is 0 Å². The number of hydrogen-bond acceptors (Lipinski definition) is 5. The fraction of sp³-hybridized carbons (Fsp3) is 0.583. The zero-order valence-corrected chi connectivity index (χ0v) is 10.9. The van der Waals surface area contributed by atoms with E-state index < -0.39 is 35.7 Å². The van der Waals surface area contributed by atoms with Crippen molar-refractivity contribution in [2.24, 2.45) is 0 Å². The van der Waals surface area contributed by atoms with Crippen molar-refractivity contribution >= 4 is 5.97 Å². The first-order valence-corrected chi connectivity index (χ1v) is 6.26. The number of aliphatic carboxylic acids is 1. The summed E-state index contributed by atoms with van der Waals surface area (Å²) in [5.74, 6) is -0.971. The van der Waals surface area contributed by atoms with Crippen LogP contribution in [-0.2, 0) is 9.53 Å². The maximum Gasteiger partial charge on any atom is 0.330 e. The Morgan fingerprint density at radius 3 is 2.90 bits per heavy atom. The molecule has 2 heterocycles. The molecule has 1 saturated heterocycles. The van der Waals surface area contributed by atoms with Crippen LogP contribution >= 0.6 is 0 Å². The molecule has 0 amide bonds. The Morgan fingerprint density at radius 2 is 2.25 bits per heavy atom. The number of aliphatic hydroxyl groups is 1. The second-order valence-corrected chi connectivity index (χ2v) is 4.84. The molecule has 8 nitrogen and oxygen atoms in total. The maximum atomic E-state index is 11.7. The van der Waals surface area contributed by atoms with Crippen LogP contribution in [0.2, 0.25) is 0 Å². The van der Waals surface area contributed by atoms with Crippen molar-refractivity contribution in [2.45, 2.75) is 44.6 Å². The lowest BCUT2D eigenvalue weighted by Crippen LogP contribution is -2.33. The fourth-order valence-corrected chi connectivity index (χ4v) is 2.21. The summed E-state index contributed by atoms with van der Waals surface area (Å²) < 4.78 is 6.72. The van der Waals surface area contributed by atoms with E-state index in [2.05, 4.69) is 4.98 Å². The van der Waals surface area contributed by atoms with Gasteiger partial charge in [0.1, 0.15) is 6.23 Å². The van der Waals surface area contributed by atoms with Crippen LogP contribution in [0.4, 0.5) is 0 Å². The molecule has 2 rings (SSSR count). The first-order valence-electron chi connectivity index (χ1n) is 6.26. The van der Waals surface area contributed by atoms with E-state index >= 15 is 0 Å². The van der Waals surface area contributed by atoms with Gasteiger partial charge in [0.25, 0.3) is 5.56 Å². The SMILES string of the molecule is Cc1cn(C2CC(O)C(CCC(=O)O)O2)c(=O)[nH]c1=O. The second-order valence-electron chi connectivity index (χ2n) is 4.84. The number of aromatic amines is 1. The Kier molecular flexibility index (Phi) is 4.05. The van der Waals surface area contributed by atoms with Crippen molar-refractivity contribution in [3.8, 4) is 0 Å². The number of nitrogens with one attached hydrogen (secondary N) is 1. The third-order valence-corrected chi connectivity index (χ3v) is 3.30. The number of nitrogens with zero attached hydrogens (tertiary/aromatic N) is 1. The molecule has 1 fully saturated rings. The number of carbonyl (C=O) groups is 1. The Labute approximate surface area is 113 Å². The molecule has 1 aromatic rings. The van der Waals surface area contributed by atoms with Crippen LogP contribution in [0.5, 0.6) is 0 Å². The molecule has 3 unspecified atom stereocenters. The molecule has 0 spiro atoms. The summed E-state index contributed by atoms with van der Waals surface area (Å²) in [5.41, 5.74) is -0.722. The third-order valence-electron chi connectivity index (χ3n) is 3.30. The Hall–Kier alpha value is -1.93. The molecule has 0 bridgehead atoms. The number of aryl methyl sites for hydroxylation is 1. The lowest BCUT2D eigenvalue weighted by Gasteiger charge is -2.15. The molecule has 0 radical (unpaired) electrons. The largest absolute Gasteiger partial charge is 0.481 e. The van der Waals surface area contributed by atoms with Gasteiger partial charge in [0.05, 0.1) is 12.2 Å². The minimum absolute atomic E-state index is 0.117. The molecule has 3 N–H and O–H groups in total. The quantitative estimate of drug-likeness (QED) is 0.676. The minimum atomic E-state index is -0.971. The Balaban J connectivity index is 2.16. The number of carboxylic acid groups (broad SMARTS) is 1. The van der Waals surface area contributed by atoms with E-state index in [1.165, 1.54) is 10.8 Å². The van der Waals surface area contributed by atoms with Crippen LogP contribution < -0.4 is 11.2 Å². The van der Waals surface area contributed by atoms with Crippen LogP contribution in [0, 0.1) is 6.92 Å². The molecule has 0 saturated carbocycles. The zero-order chi connectivity index (χ0) is 14.9. The van der Waals surface area contributed by atoms with Crippen molar-refractivity contribution in [3.05, 3.63) is 32.6 Å². The molecule has 20 heavy (non-hydrogen) atoms. The summed E-state index contributed by atoms with van der Waals surface area (Å²) >= 11 is 0. The van der Waals surface area contributed by atoms with Gasteiger partial charge in [-0.15, -0.1) is 0 Å². The summed E-state index contributed by atoms with van der Waals surface area (Å²) in [7, 11) is 0. The average molecular weight is 284 g/mol. The van der Waals surface area contributed by atoms with Crippen LogP contribution in [-0.4, -0.2) is 37.9 Å². The lowest BCUT2D eigenvalue weighted by atomic mass is 10.1. The van der Waals surface area contributed by atoms with Crippen molar-refractivity contribution in [3.63, 3.8) is 0 Å².